The number of rotatable bonds is 7. The van der Waals surface area contributed by atoms with Crippen molar-refractivity contribution in [2.24, 2.45) is 0 Å². The molecule has 0 aliphatic carbocycles. The summed E-state index contributed by atoms with van der Waals surface area (Å²) in [6.07, 6.45) is 0.371. The van der Waals surface area contributed by atoms with E-state index in [2.05, 4.69) is 10.1 Å². The molecule has 1 aromatic rings. The second kappa shape index (κ2) is 8.04. The molecule has 0 spiro atoms. The Morgan fingerprint density at radius 3 is 2.40 bits per heavy atom. The normalized spacial score (nSPS) is 9.75. The van der Waals surface area contributed by atoms with Crippen molar-refractivity contribution >= 4 is 11.9 Å². The first-order valence-electron chi connectivity index (χ1n) is 6.15. The Morgan fingerprint density at radius 1 is 1.10 bits per heavy atom. The molecule has 0 unspecified atom stereocenters. The van der Waals surface area contributed by atoms with Crippen LogP contribution in [0.4, 0.5) is 0 Å². The number of nitrogens with one attached hydrogen (secondary N) is 1. The van der Waals surface area contributed by atoms with Crippen molar-refractivity contribution in [1.82, 2.24) is 5.32 Å². The summed E-state index contributed by atoms with van der Waals surface area (Å²) in [6, 6.07) is 5.29. The first kappa shape index (κ1) is 15.8. The number of benzene rings is 1. The SMILES string of the molecule is COC(=O)CCNC(=O)Cc1ccc(OC)c(OC)c1. The highest BCUT2D eigenvalue weighted by Crippen LogP contribution is 2.27. The lowest BCUT2D eigenvalue weighted by Crippen LogP contribution is -2.27. The van der Waals surface area contributed by atoms with Gasteiger partial charge in [-0.15, -0.1) is 0 Å². The van der Waals surface area contributed by atoms with Gasteiger partial charge in [0.15, 0.2) is 11.5 Å². The lowest BCUT2D eigenvalue weighted by atomic mass is 10.1. The van der Waals surface area contributed by atoms with Gasteiger partial charge in [-0.3, -0.25) is 9.59 Å². The van der Waals surface area contributed by atoms with Gasteiger partial charge >= 0.3 is 5.97 Å². The van der Waals surface area contributed by atoms with Crippen molar-refractivity contribution in [2.45, 2.75) is 12.8 Å². The second-order valence-corrected chi connectivity index (χ2v) is 4.04. The van der Waals surface area contributed by atoms with Gasteiger partial charge in [0.25, 0.3) is 0 Å². The molecule has 0 radical (unpaired) electrons. The van der Waals surface area contributed by atoms with Crippen LogP contribution in [0.5, 0.6) is 11.5 Å². The summed E-state index contributed by atoms with van der Waals surface area (Å²) in [5, 5.41) is 2.65. The van der Waals surface area contributed by atoms with Crippen molar-refractivity contribution in [3.05, 3.63) is 23.8 Å². The number of amides is 1. The molecule has 0 fully saturated rings. The third-order valence-electron chi connectivity index (χ3n) is 2.69. The standard InChI is InChI=1S/C14H19NO5/c1-18-11-5-4-10(8-12(11)19-2)9-13(16)15-7-6-14(17)20-3/h4-5,8H,6-7,9H2,1-3H3,(H,15,16). The molecule has 0 saturated heterocycles. The van der Waals surface area contributed by atoms with E-state index in [1.54, 1.807) is 25.3 Å². The van der Waals surface area contributed by atoms with E-state index in [1.165, 1.54) is 14.2 Å². The molecular weight excluding hydrogens is 262 g/mol. The third kappa shape index (κ3) is 4.79. The summed E-state index contributed by atoms with van der Waals surface area (Å²) < 4.78 is 14.8. The quantitative estimate of drug-likeness (QED) is 0.752. The van der Waals surface area contributed by atoms with Gasteiger partial charge in [0.05, 0.1) is 34.2 Å². The Labute approximate surface area is 118 Å². The van der Waals surface area contributed by atoms with Crippen LogP contribution >= 0.6 is 0 Å². The predicted molar refractivity (Wildman–Crippen MR) is 72.9 cm³/mol. The number of carbonyl (C=O) groups excluding carboxylic acids is 2. The third-order valence-corrected chi connectivity index (χ3v) is 2.69. The molecule has 6 heteroatoms. The smallest absolute Gasteiger partial charge is 0.307 e. The van der Waals surface area contributed by atoms with E-state index in [4.69, 9.17) is 9.47 Å². The summed E-state index contributed by atoms with van der Waals surface area (Å²) in [6.45, 7) is 0.263. The zero-order chi connectivity index (χ0) is 15.0. The summed E-state index contributed by atoms with van der Waals surface area (Å²) in [7, 11) is 4.41. The number of ether oxygens (including phenoxy) is 3. The fourth-order valence-corrected chi connectivity index (χ4v) is 1.64. The summed E-state index contributed by atoms with van der Waals surface area (Å²) >= 11 is 0. The Hall–Kier alpha value is -2.24. The summed E-state index contributed by atoms with van der Waals surface area (Å²) in [5.41, 5.74) is 0.804. The highest BCUT2D eigenvalue weighted by Gasteiger charge is 2.08. The molecule has 110 valence electrons. The van der Waals surface area contributed by atoms with Gasteiger partial charge in [-0.2, -0.15) is 0 Å². The first-order valence-corrected chi connectivity index (χ1v) is 6.15. The minimum atomic E-state index is -0.351. The van der Waals surface area contributed by atoms with Crippen molar-refractivity contribution in [3.8, 4) is 11.5 Å². The molecule has 0 atom stereocenters. The number of carbonyl (C=O) groups is 2. The summed E-state index contributed by atoms with van der Waals surface area (Å²) in [5.74, 6) is 0.673. The predicted octanol–water partition coefficient (Wildman–Crippen LogP) is 0.926. The van der Waals surface area contributed by atoms with E-state index < -0.39 is 0 Å². The fraction of sp³-hybridized carbons (Fsp3) is 0.429. The molecule has 0 heterocycles. The molecule has 0 bridgehead atoms. The first-order chi connectivity index (χ1) is 9.60. The number of methoxy groups -OCH3 is 3. The van der Waals surface area contributed by atoms with Crippen molar-refractivity contribution < 1.29 is 23.8 Å². The highest BCUT2D eigenvalue weighted by atomic mass is 16.5. The van der Waals surface area contributed by atoms with Crippen molar-refractivity contribution in [3.63, 3.8) is 0 Å². The fourth-order valence-electron chi connectivity index (χ4n) is 1.64. The maximum atomic E-state index is 11.7. The molecule has 0 aromatic heterocycles. The lowest BCUT2D eigenvalue weighted by Gasteiger charge is -2.09. The van der Waals surface area contributed by atoms with E-state index >= 15 is 0 Å². The molecule has 0 aliphatic rings. The van der Waals surface area contributed by atoms with Crippen LogP contribution in [-0.2, 0) is 20.7 Å². The van der Waals surface area contributed by atoms with Gasteiger partial charge in [-0.1, -0.05) is 6.07 Å². The molecule has 1 amide bonds. The van der Waals surface area contributed by atoms with Crippen LogP contribution in [0.2, 0.25) is 0 Å². The van der Waals surface area contributed by atoms with Crippen LogP contribution in [-0.4, -0.2) is 39.8 Å². The molecule has 0 saturated carbocycles. The average Bonchev–Trinajstić information content (AvgIpc) is 2.46. The molecular formula is C14H19NO5. The Bertz CT molecular complexity index is 473. The molecule has 6 nitrogen and oxygen atoms in total. The zero-order valence-corrected chi connectivity index (χ0v) is 11.9. The summed E-state index contributed by atoms with van der Waals surface area (Å²) in [4.78, 5) is 22.6. The van der Waals surface area contributed by atoms with Crippen LogP contribution in [0, 0.1) is 0 Å². The molecule has 1 aromatic carbocycles. The largest absolute Gasteiger partial charge is 0.493 e. The van der Waals surface area contributed by atoms with E-state index in [1.807, 2.05) is 0 Å². The van der Waals surface area contributed by atoms with Gasteiger partial charge in [-0.25, -0.2) is 0 Å². The van der Waals surface area contributed by atoms with Gasteiger partial charge in [0, 0.05) is 6.54 Å². The van der Waals surface area contributed by atoms with Crippen LogP contribution in [0.3, 0.4) is 0 Å². The van der Waals surface area contributed by atoms with E-state index in [0.717, 1.165) is 5.56 Å². The Kier molecular flexibility index (Phi) is 6.36. The van der Waals surface area contributed by atoms with E-state index in [9.17, 15) is 9.59 Å². The van der Waals surface area contributed by atoms with Crippen LogP contribution in [0.1, 0.15) is 12.0 Å². The molecule has 0 aliphatic heterocycles. The minimum absolute atomic E-state index is 0.161. The molecule has 1 N–H and O–H groups in total. The Balaban J connectivity index is 2.51. The number of hydrogen-bond donors (Lipinski definition) is 1. The topological polar surface area (TPSA) is 73.9 Å². The molecule has 20 heavy (non-hydrogen) atoms. The van der Waals surface area contributed by atoms with Gasteiger partial charge in [-0.05, 0) is 17.7 Å². The minimum Gasteiger partial charge on any atom is -0.493 e. The van der Waals surface area contributed by atoms with Gasteiger partial charge in [0.1, 0.15) is 0 Å². The maximum Gasteiger partial charge on any atom is 0.307 e. The monoisotopic (exact) mass is 281 g/mol. The van der Waals surface area contributed by atoms with Crippen LogP contribution < -0.4 is 14.8 Å². The van der Waals surface area contributed by atoms with Gasteiger partial charge < -0.3 is 19.5 Å². The van der Waals surface area contributed by atoms with E-state index in [-0.39, 0.29) is 31.3 Å². The highest BCUT2D eigenvalue weighted by molar-refractivity contribution is 5.79. The van der Waals surface area contributed by atoms with Crippen molar-refractivity contribution in [1.29, 1.82) is 0 Å². The molecule has 1 rings (SSSR count). The lowest BCUT2D eigenvalue weighted by molar-refractivity contribution is -0.140. The number of hydrogen-bond acceptors (Lipinski definition) is 5. The van der Waals surface area contributed by atoms with Gasteiger partial charge in [0.2, 0.25) is 5.91 Å². The average molecular weight is 281 g/mol. The Morgan fingerprint density at radius 2 is 1.80 bits per heavy atom. The number of esters is 1. The second-order valence-electron chi connectivity index (χ2n) is 4.04. The van der Waals surface area contributed by atoms with Crippen LogP contribution in [0.15, 0.2) is 18.2 Å². The van der Waals surface area contributed by atoms with E-state index in [0.29, 0.717) is 11.5 Å². The zero-order valence-electron chi connectivity index (χ0n) is 11.9. The van der Waals surface area contributed by atoms with Crippen molar-refractivity contribution in [2.75, 3.05) is 27.9 Å². The maximum absolute atomic E-state index is 11.7. The van der Waals surface area contributed by atoms with Crippen LogP contribution in [0.25, 0.3) is 0 Å².